The summed E-state index contributed by atoms with van der Waals surface area (Å²) in [6, 6.07) is 0. The van der Waals surface area contributed by atoms with Crippen LogP contribution in [-0.4, -0.2) is 67.9 Å². The Hall–Kier alpha value is -1.85. The normalized spacial score (nSPS) is 12.4. The van der Waals surface area contributed by atoms with Crippen molar-refractivity contribution >= 4 is 6.16 Å². The van der Waals surface area contributed by atoms with Gasteiger partial charge in [-0.15, -0.1) is 0 Å². The summed E-state index contributed by atoms with van der Waals surface area (Å²) in [4.78, 5) is 17.8. The third-order valence-corrected chi connectivity index (χ3v) is 10.8. The van der Waals surface area contributed by atoms with E-state index in [9.17, 15) is 4.79 Å². The second-order valence-electron chi connectivity index (χ2n) is 15.8. The Balaban J connectivity index is 4.49. The summed E-state index contributed by atoms with van der Waals surface area (Å²) in [6.45, 7) is 17.7. The molecule has 0 saturated heterocycles. The summed E-state index contributed by atoms with van der Waals surface area (Å²) in [5.41, 5.74) is 0. The largest absolute Gasteiger partial charge is 0.508 e. The van der Waals surface area contributed by atoms with Crippen molar-refractivity contribution in [3.63, 3.8) is 0 Å². The Kier molecular flexibility index (Phi) is 43.4. The predicted molar refractivity (Wildman–Crippen MR) is 243 cm³/mol. The van der Waals surface area contributed by atoms with Gasteiger partial charge in [-0.3, -0.25) is 4.90 Å². The van der Waals surface area contributed by atoms with Gasteiger partial charge in [0.25, 0.3) is 0 Å². The number of unbranched alkanes of at least 4 members (excludes halogenated alkanes) is 19. The number of likely N-dealkylation sites (N-methyl/N-ethyl adjacent to an activating group) is 1. The van der Waals surface area contributed by atoms with Crippen LogP contribution in [0.5, 0.6) is 0 Å². The highest BCUT2D eigenvalue weighted by Gasteiger charge is 2.16. The fraction of sp³-hybridized carbons (Fsp3) is 0.820. The lowest BCUT2D eigenvalue weighted by molar-refractivity contribution is 0.0116. The van der Waals surface area contributed by atoms with Gasteiger partial charge in [-0.1, -0.05) is 167 Å². The highest BCUT2D eigenvalue weighted by Crippen LogP contribution is 2.18. The van der Waals surface area contributed by atoms with E-state index in [1.54, 1.807) is 0 Å². The van der Waals surface area contributed by atoms with Gasteiger partial charge in [0, 0.05) is 19.6 Å². The number of carbonyl (C=O) groups is 1. The molecule has 5 heteroatoms. The topological polar surface area (TPSA) is 42.0 Å². The van der Waals surface area contributed by atoms with Gasteiger partial charge in [0.15, 0.2) is 0 Å². The molecular formula is C50H94N2O3. The summed E-state index contributed by atoms with van der Waals surface area (Å²) in [5.74, 6) is 0. The van der Waals surface area contributed by atoms with Gasteiger partial charge in [0.2, 0.25) is 0 Å². The zero-order valence-corrected chi connectivity index (χ0v) is 37.6. The molecule has 0 unspecified atom stereocenters. The number of allylic oxidation sites excluding steroid dienone is 8. The Labute approximate surface area is 344 Å². The smallest absolute Gasteiger partial charge is 0.433 e. The van der Waals surface area contributed by atoms with E-state index in [2.05, 4.69) is 93.0 Å². The van der Waals surface area contributed by atoms with Crippen molar-refractivity contribution in [1.29, 1.82) is 0 Å². The Morgan fingerprint density at radius 3 is 1.27 bits per heavy atom. The number of rotatable bonds is 42. The van der Waals surface area contributed by atoms with Crippen LogP contribution in [0.3, 0.4) is 0 Å². The van der Waals surface area contributed by atoms with Crippen molar-refractivity contribution in [3.8, 4) is 0 Å². The van der Waals surface area contributed by atoms with Crippen LogP contribution in [0.1, 0.15) is 214 Å². The van der Waals surface area contributed by atoms with E-state index in [1.165, 1.54) is 141 Å². The number of hydrogen-bond acceptors (Lipinski definition) is 5. The molecule has 0 aromatic heterocycles. The van der Waals surface area contributed by atoms with Crippen molar-refractivity contribution in [1.82, 2.24) is 9.80 Å². The lowest BCUT2D eigenvalue weighted by atomic mass is 10.0. The number of nitrogens with zero attached hydrogens (tertiary/aromatic N) is 2. The molecule has 0 atom stereocenters. The van der Waals surface area contributed by atoms with Gasteiger partial charge in [0.1, 0.15) is 12.7 Å². The van der Waals surface area contributed by atoms with E-state index >= 15 is 0 Å². The van der Waals surface area contributed by atoms with Gasteiger partial charge in [0.05, 0.1) is 0 Å². The van der Waals surface area contributed by atoms with Crippen LogP contribution in [0.15, 0.2) is 48.6 Å². The van der Waals surface area contributed by atoms with Crippen molar-refractivity contribution < 1.29 is 14.3 Å². The third kappa shape index (κ3) is 40.2. The molecule has 0 aromatic rings. The van der Waals surface area contributed by atoms with E-state index in [1.807, 2.05) is 0 Å². The van der Waals surface area contributed by atoms with Crippen LogP contribution in [0.25, 0.3) is 0 Å². The van der Waals surface area contributed by atoms with Crippen molar-refractivity contribution in [2.24, 2.45) is 0 Å². The zero-order valence-electron chi connectivity index (χ0n) is 37.6. The molecule has 0 aromatic carbocycles. The molecule has 0 N–H and O–H groups in total. The van der Waals surface area contributed by atoms with Crippen LogP contribution in [0.2, 0.25) is 0 Å². The van der Waals surface area contributed by atoms with E-state index < -0.39 is 6.16 Å². The van der Waals surface area contributed by atoms with Crippen molar-refractivity contribution in [3.05, 3.63) is 48.6 Å². The molecule has 0 rings (SSSR count). The summed E-state index contributed by atoms with van der Waals surface area (Å²) >= 11 is 0. The van der Waals surface area contributed by atoms with Crippen molar-refractivity contribution in [2.75, 3.05) is 45.9 Å². The molecule has 55 heavy (non-hydrogen) atoms. The maximum absolute atomic E-state index is 12.9. The minimum atomic E-state index is -0.468. The maximum atomic E-state index is 12.9. The molecule has 0 fully saturated rings. The quantitative estimate of drug-likeness (QED) is 0.0351. The zero-order chi connectivity index (χ0) is 40.1. The van der Waals surface area contributed by atoms with Crippen molar-refractivity contribution in [2.45, 2.75) is 221 Å². The Morgan fingerprint density at radius 1 is 0.436 bits per heavy atom. The molecule has 0 radical (unpaired) electrons. The van der Waals surface area contributed by atoms with E-state index in [0.29, 0.717) is 6.61 Å². The number of hydrogen-bond donors (Lipinski definition) is 0. The molecule has 5 nitrogen and oxygen atoms in total. The van der Waals surface area contributed by atoms with Crippen LogP contribution in [-0.2, 0) is 9.47 Å². The average molecular weight is 771 g/mol. The van der Waals surface area contributed by atoms with Crippen LogP contribution < -0.4 is 0 Å². The fourth-order valence-electron chi connectivity index (χ4n) is 6.95. The summed E-state index contributed by atoms with van der Waals surface area (Å²) in [5, 5.41) is 0. The van der Waals surface area contributed by atoms with Gasteiger partial charge in [-0.05, 0) is 116 Å². The molecule has 322 valence electrons. The second-order valence-corrected chi connectivity index (χ2v) is 15.8. The lowest BCUT2D eigenvalue weighted by Gasteiger charge is -2.26. The standard InChI is InChI=1S/C50H94N2O3/c1-6-11-14-16-18-20-22-24-26-28-30-32-34-36-38-40-42-49(43-41-39-37-35-33-31-29-27-25-23-21-19-17-15-12-7-2)55-50(53)54-48-47-52(44-13-8-3)46-45-51(9-4)10-5/h18-21,24-27,49H,6-17,22-23,28-48H2,1-5H3/b20-18-,21-19-,26-24-,27-25-. The molecule has 0 heterocycles. The highest BCUT2D eigenvalue weighted by atomic mass is 16.7. The molecule has 0 aliphatic rings. The summed E-state index contributed by atoms with van der Waals surface area (Å²) in [7, 11) is 0. The summed E-state index contributed by atoms with van der Waals surface area (Å²) in [6.07, 6.45) is 52.4. The van der Waals surface area contributed by atoms with Crippen LogP contribution >= 0.6 is 0 Å². The number of carbonyl (C=O) groups excluding carboxylic acids is 1. The molecule has 0 spiro atoms. The monoisotopic (exact) mass is 771 g/mol. The van der Waals surface area contributed by atoms with Gasteiger partial charge in [-0.25, -0.2) is 4.79 Å². The molecular weight excluding hydrogens is 677 g/mol. The SMILES string of the molecule is CCCCC/C=C\C/C=C\CCCCCCCCC(CCCCCCCC/C=C\C/C=C\CCCCC)OC(=O)OCCN(CCCC)CCN(CC)CC. The molecule has 0 aliphatic heterocycles. The van der Waals surface area contributed by atoms with Gasteiger partial charge >= 0.3 is 6.16 Å². The molecule has 0 saturated carbocycles. The number of ether oxygens (including phenoxy) is 2. The van der Waals surface area contributed by atoms with Gasteiger partial charge < -0.3 is 14.4 Å². The second kappa shape index (κ2) is 44.9. The van der Waals surface area contributed by atoms with Crippen LogP contribution in [0.4, 0.5) is 4.79 Å². The third-order valence-electron chi connectivity index (χ3n) is 10.8. The van der Waals surface area contributed by atoms with Gasteiger partial charge in [-0.2, -0.15) is 0 Å². The molecule has 0 bridgehead atoms. The van der Waals surface area contributed by atoms with E-state index in [0.717, 1.165) is 77.8 Å². The lowest BCUT2D eigenvalue weighted by Crippen LogP contribution is -2.37. The first kappa shape index (κ1) is 53.1. The first-order chi connectivity index (χ1) is 27.1. The Bertz CT molecular complexity index is 845. The fourth-order valence-corrected chi connectivity index (χ4v) is 6.95. The first-order valence-corrected chi connectivity index (χ1v) is 24.0. The average Bonchev–Trinajstić information content (AvgIpc) is 3.19. The maximum Gasteiger partial charge on any atom is 0.508 e. The van der Waals surface area contributed by atoms with E-state index in [4.69, 9.17) is 9.47 Å². The Morgan fingerprint density at radius 2 is 0.836 bits per heavy atom. The minimum absolute atomic E-state index is 0.0250. The van der Waals surface area contributed by atoms with Crippen LogP contribution in [0, 0.1) is 0 Å². The predicted octanol–water partition coefficient (Wildman–Crippen LogP) is 15.4. The molecule has 0 aliphatic carbocycles. The first-order valence-electron chi connectivity index (χ1n) is 24.0. The highest BCUT2D eigenvalue weighted by molar-refractivity contribution is 5.60. The molecule has 0 amide bonds. The minimum Gasteiger partial charge on any atom is -0.433 e. The summed E-state index contributed by atoms with van der Waals surface area (Å²) < 4.78 is 11.7. The van der Waals surface area contributed by atoms with E-state index in [-0.39, 0.29) is 6.10 Å².